The molecule has 27 heavy (non-hydrogen) atoms. The first kappa shape index (κ1) is 18.2. The number of piperidine rings is 1. The number of carbonyl (C=O) groups excluding carboxylic acids is 1. The van der Waals surface area contributed by atoms with Gasteiger partial charge in [0.2, 0.25) is 11.7 Å². The summed E-state index contributed by atoms with van der Waals surface area (Å²) in [5, 5.41) is 4.65. The summed E-state index contributed by atoms with van der Waals surface area (Å²) in [6.45, 7) is 1.29. The summed E-state index contributed by atoms with van der Waals surface area (Å²) >= 11 is 9.47. The first-order valence-electron chi connectivity index (χ1n) is 8.75. The van der Waals surface area contributed by atoms with E-state index in [1.807, 2.05) is 35.2 Å². The van der Waals surface area contributed by atoms with Crippen molar-refractivity contribution in [2.45, 2.75) is 18.8 Å². The normalized spacial score (nSPS) is 15.1. The molecule has 1 aliphatic rings. The standard InChI is InChI=1S/C20H17BrClN3O2/c21-17-7-6-15(22)12-16(17)20(26)25-10-8-14(9-11-25)19-23-18(24-27-19)13-4-2-1-3-5-13/h1-7,12,14H,8-11H2. The number of hydrogen-bond acceptors (Lipinski definition) is 4. The van der Waals surface area contributed by atoms with Crippen LogP contribution in [0.25, 0.3) is 11.4 Å². The number of hydrogen-bond donors (Lipinski definition) is 0. The van der Waals surface area contributed by atoms with Gasteiger partial charge in [0.05, 0.1) is 5.56 Å². The number of likely N-dealkylation sites (tertiary alicyclic amines) is 1. The van der Waals surface area contributed by atoms with Crippen molar-refractivity contribution in [1.29, 1.82) is 0 Å². The quantitative estimate of drug-likeness (QED) is 0.557. The highest BCUT2D eigenvalue weighted by Crippen LogP contribution is 2.30. The van der Waals surface area contributed by atoms with E-state index in [1.54, 1.807) is 18.2 Å². The fourth-order valence-corrected chi connectivity index (χ4v) is 3.86. The van der Waals surface area contributed by atoms with Gasteiger partial charge in [-0.3, -0.25) is 4.79 Å². The molecule has 4 rings (SSSR count). The minimum atomic E-state index is -0.0154. The third kappa shape index (κ3) is 3.92. The molecule has 2 heterocycles. The van der Waals surface area contributed by atoms with Crippen LogP contribution in [0.3, 0.4) is 0 Å². The molecule has 3 aromatic rings. The lowest BCUT2D eigenvalue weighted by Gasteiger charge is -2.30. The van der Waals surface area contributed by atoms with E-state index in [2.05, 4.69) is 26.1 Å². The van der Waals surface area contributed by atoms with Crippen LogP contribution >= 0.6 is 27.5 Å². The maximum absolute atomic E-state index is 12.8. The van der Waals surface area contributed by atoms with E-state index >= 15 is 0 Å². The topological polar surface area (TPSA) is 59.2 Å². The Morgan fingerprint density at radius 2 is 1.89 bits per heavy atom. The molecule has 0 aliphatic carbocycles. The second-order valence-corrected chi connectivity index (χ2v) is 7.80. The van der Waals surface area contributed by atoms with Crippen LogP contribution in [0, 0.1) is 0 Å². The van der Waals surface area contributed by atoms with Gasteiger partial charge in [-0.25, -0.2) is 0 Å². The van der Waals surface area contributed by atoms with Gasteiger partial charge in [-0.2, -0.15) is 4.98 Å². The molecule has 1 amide bonds. The molecule has 1 aromatic heterocycles. The molecule has 1 aliphatic heterocycles. The van der Waals surface area contributed by atoms with E-state index in [0.29, 0.717) is 35.4 Å². The lowest BCUT2D eigenvalue weighted by atomic mass is 9.96. The number of amides is 1. The maximum atomic E-state index is 12.8. The molecule has 0 unspecified atom stereocenters. The summed E-state index contributed by atoms with van der Waals surface area (Å²) in [7, 11) is 0. The molecule has 1 fully saturated rings. The summed E-state index contributed by atoms with van der Waals surface area (Å²) in [6.07, 6.45) is 1.58. The third-order valence-corrected chi connectivity index (χ3v) is 5.69. The number of nitrogens with zero attached hydrogens (tertiary/aromatic N) is 3. The van der Waals surface area contributed by atoms with Crippen LogP contribution in [0.15, 0.2) is 57.5 Å². The molecule has 1 saturated heterocycles. The van der Waals surface area contributed by atoms with Crippen LogP contribution in [0.2, 0.25) is 5.02 Å². The second kappa shape index (κ2) is 7.82. The van der Waals surface area contributed by atoms with Gasteiger partial charge in [-0.15, -0.1) is 0 Å². The van der Waals surface area contributed by atoms with Crippen molar-refractivity contribution in [3.63, 3.8) is 0 Å². The molecule has 0 spiro atoms. The second-order valence-electron chi connectivity index (χ2n) is 6.51. The number of aromatic nitrogens is 2. The fourth-order valence-electron chi connectivity index (χ4n) is 3.27. The van der Waals surface area contributed by atoms with Crippen molar-refractivity contribution < 1.29 is 9.32 Å². The van der Waals surface area contributed by atoms with Gasteiger partial charge in [0.1, 0.15) is 0 Å². The average molecular weight is 447 g/mol. The summed E-state index contributed by atoms with van der Waals surface area (Å²) < 4.78 is 6.24. The first-order chi connectivity index (χ1) is 13.1. The highest BCUT2D eigenvalue weighted by Gasteiger charge is 2.28. The van der Waals surface area contributed by atoms with E-state index in [-0.39, 0.29) is 11.8 Å². The zero-order chi connectivity index (χ0) is 18.8. The number of rotatable bonds is 3. The molecule has 7 heteroatoms. The van der Waals surface area contributed by atoms with Crippen molar-refractivity contribution in [3.8, 4) is 11.4 Å². The monoisotopic (exact) mass is 445 g/mol. The predicted molar refractivity (Wildman–Crippen MR) is 107 cm³/mol. The Morgan fingerprint density at radius 3 is 2.63 bits per heavy atom. The number of halogens is 2. The van der Waals surface area contributed by atoms with Crippen LogP contribution in [0.5, 0.6) is 0 Å². The first-order valence-corrected chi connectivity index (χ1v) is 9.92. The molecular weight excluding hydrogens is 430 g/mol. The summed E-state index contributed by atoms with van der Waals surface area (Å²) in [4.78, 5) is 19.2. The number of carbonyl (C=O) groups is 1. The average Bonchev–Trinajstić information content (AvgIpc) is 3.20. The van der Waals surface area contributed by atoms with E-state index in [9.17, 15) is 4.79 Å². The molecular formula is C20H17BrClN3O2. The lowest BCUT2D eigenvalue weighted by molar-refractivity contribution is 0.0703. The minimum absolute atomic E-state index is 0.0154. The molecule has 5 nitrogen and oxygen atoms in total. The Bertz CT molecular complexity index is 953. The zero-order valence-corrected chi connectivity index (χ0v) is 16.8. The molecule has 0 bridgehead atoms. The highest BCUT2D eigenvalue weighted by atomic mass is 79.9. The van der Waals surface area contributed by atoms with Gasteiger partial charge >= 0.3 is 0 Å². The zero-order valence-electron chi connectivity index (χ0n) is 14.4. The molecule has 2 aromatic carbocycles. The van der Waals surface area contributed by atoms with E-state index in [0.717, 1.165) is 22.9 Å². The van der Waals surface area contributed by atoms with Gasteiger partial charge in [-0.05, 0) is 47.0 Å². The lowest BCUT2D eigenvalue weighted by Crippen LogP contribution is -2.38. The van der Waals surface area contributed by atoms with Gasteiger partial charge < -0.3 is 9.42 Å². The SMILES string of the molecule is O=C(c1cc(Cl)ccc1Br)N1CCC(c2nc(-c3ccccc3)no2)CC1. The van der Waals surface area contributed by atoms with Gasteiger partial charge in [-0.1, -0.05) is 47.1 Å². The Hall–Kier alpha value is -2.18. The van der Waals surface area contributed by atoms with Crippen molar-refractivity contribution in [1.82, 2.24) is 15.0 Å². The predicted octanol–water partition coefficient (Wildman–Crippen LogP) is 5.17. The highest BCUT2D eigenvalue weighted by molar-refractivity contribution is 9.10. The molecule has 0 radical (unpaired) electrons. The molecule has 0 atom stereocenters. The van der Waals surface area contributed by atoms with Crippen molar-refractivity contribution >= 4 is 33.4 Å². The third-order valence-electron chi connectivity index (χ3n) is 4.76. The van der Waals surface area contributed by atoms with Gasteiger partial charge in [0, 0.05) is 34.1 Å². The Morgan fingerprint density at radius 1 is 1.15 bits per heavy atom. The van der Waals surface area contributed by atoms with E-state index < -0.39 is 0 Å². The molecule has 0 N–H and O–H groups in total. The summed E-state index contributed by atoms with van der Waals surface area (Å²) in [5.41, 5.74) is 1.52. The van der Waals surface area contributed by atoms with Gasteiger partial charge in [0.25, 0.3) is 5.91 Å². The van der Waals surface area contributed by atoms with Crippen LogP contribution < -0.4 is 0 Å². The largest absolute Gasteiger partial charge is 0.339 e. The fraction of sp³-hybridized carbons (Fsp3) is 0.250. The van der Waals surface area contributed by atoms with Crippen LogP contribution in [0.1, 0.15) is 35.0 Å². The Balaban J connectivity index is 1.43. The van der Waals surface area contributed by atoms with Crippen molar-refractivity contribution in [2.24, 2.45) is 0 Å². The van der Waals surface area contributed by atoms with E-state index in [1.165, 1.54) is 0 Å². The van der Waals surface area contributed by atoms with E-state index in [4.69, 9.17) is 16.1 Å². The van der Waals surface area contributed by atoms with Crippen LogP contribution in [-0.4, -0.2) is 34.0 Å². The molecule has 0 saturated carbocycles. The van der Waals surface area contributed by atoms with Gasteiger partial charge in [0.15, 0.2) is 0 Å². The Kier molecular flexibility index (Phi) is 5.27. The van der Waals surface area contributed by atoms with Crippen LogP contribution in [-0.2, 0) is 0 Å². The van der Waals surface area contributed by atoms with Crippen molar-refractivity contribution in [3.05, 3.63) is 69.5 Å². The van der Waals surface area contributed by atoms with Crippen LogP contribution in [0.4, 0.5) is 0 Å². The summed E-state index contributed by atoms with van der Waals surface area (Å²) in [6, 6.07) is 15.0. The maximum Gasteiger partial charge on any atom is 0.255 e. The smallest absolute Gasteiger partial charge is 0.255 e. The minimum Gasteiger partial charge on any atom is -0.339 e. The summed E-state index contributed by atoms with van der Waals surface area (Å²) in [5.74, 6) is 1.40. The molecule has 138 valence electrons. The Labute approximate surface area is 170 Å². The van der Waals surface area contributed by atoms with Crippen molar-refractivity contribution in [2.75, 3.05) is 13.1 Å². The number of benzene rings is 2.